The van der Waals surface area contributed by atoms with Crippen molar-refractivity contribution in [3.8, 4) is 0 Å². The predicted molar refractivity (Wildman–Crippen MR) is 65.3 cm³/mol. The number of rotatable bonds is 9. The third kappa shape index (κ3) is 7.37. The Hall–Kier alpha value is -0.570. The van der Waals surface area contributed by atoms with E-state index in [1.54, 1.807) is 0 Å². The Morgan fingerprint density at radius 3 is 2.40 bits per heavy atom. The lowest BCUT2D eigenvalue weighted by molar-refractivity contribution is 0.0259. The minimum atomic E-state index is -0.189. The molecule has 0 spiro atoms. The maximum atomic E-state index is 7.34. The van der Waals surface area contributed by atoms with Crippen LogP contribution in [-0.4, -0.2) is 18.0 Å². The van der Waals surface area contributed by atoms with Gasteiger partial charge in [0.05, 0.1) is 6.10 Å². The number of amidine groups is 1. The molecule has 0 aromatic heterocycles. The van der Waals surface area contributed by atoms with Gasteiger partial charge in [-0.2, -0.15) is 0 Å². The van der Waals surface area contributed by atoms with Gasteiger partial charge in [0.1, 0.15) is 11.9 Å². The predicted octanol–water partition coefficient (Wildman–Crippen LogP) is 3.08. The molecule has 0 aromatic carbocycles. The molecule has 0 aliphatic carbocycles. The fourth-order valence-corrected chi connectivity index (χ4v) is 1.60. The average Bonchev–Trinajstić information content (AvgIpc) is 2.20. The van der Waals surface area contributed by atoms with Crippen LogP contribution >= 0.6 is 0 Å². The van der Waals surface area contributed by atoms with Gasteiger partial charge in [0.15, 0.2) is 0 Å². The molecular weight excluding hydrogens is 188 g/mol. The highest BCUT2D eigenvalue weighted by atomic mass is 16.5. The molecule has 3 N–H and O–H groups in total. The molecule has 0 bridgehead atoms. The van der Waals surface area contributed by atoms with Crippen LogP contribution in [0.25, 0.3) is 0 Å². The van der Waals surface area contributed by atoms with Gasteiger partial charge in [-0.25, -0.2) is 0 Å². The second-order valence-electron chi connectivity index (χ2n) is 4.15. The van der Waals surface area contributed by atoms with Gasteiger partial charge in [0.2, 0.25) is 0 Å². The molecule has 0 rings (SSSR count). The molecule has 90 valence electrons. The van der Waals surface area contributed by atoms with Crippen molar-refractivity contribution in [1.29, 1.82) is 5.41 Å². The van der Waals surface area contributed by atoms with Gasteiger partial charge in [-0.15, -0.1) is 0 Å². The smallest absolute Gasteiger partial charge is 0.120 e. The van der Waals surface area contributed by atoms with E-state index in [-0.39, 0.29) is 18.0 Å². The zero-order chi connectivity index (χ0) is 11.7. The van der Waals surface area contributed by atoms with E-state index >= 15 is 0 Å². The van der Waals surface area contributed by atoms with Crippen LogP contribution in [0.2, 0.25) is 0 Å². The summed E-state index contributed by atoms with van der Waals surface area (Å²) < 4.78 is 5.69. The van der Waals surface area contributed by atoms with E-state index in [4.69, 9.17) is 15.9 Å². The first-order chi connectivity index (χ1) is 7.11. The van der Waals surface area contributed by atoms with Gasteiger partial charge in [-0.1, -0.05) is 39.5 Å². The Bertz CT molecular complexity index is 171. The summed E-state index contributed by atoms with van der Waals surface area (Å²) in [6.45, 7) is 6.27. The quantitative estimate of drug-likeness (QED) is 0.352. The van der Waals surface area contributed by atoms with Gasteiger partial charge >= 0.3 is 0 Å². The largest absolute Gasteiger partial charge is 0.385 e. The van der Waals surface area contributed by atoms with Crippen LogP contribution in [0.1, 0.15) is 59.3 Å². The highest BCUT2D eigenvalue weighted by Crippen LogP contribution is 2.11. The van der Waals surface area contributed by atoms with Crippen LogP contribution in [0.5, 0.6) is 0 Å². The maximum Gasteiger partial charge on any atom is 0.120 e. The standard InChI is InChI=1S/C12H26N2O/c1-4-6-7-8-9-10(3)15-11(5-2)12(13)14/h10-11H,4-9H2,1-3H3,(H3,13,14). The van der Waals surface area contributed by atoms with Crippen LogP contribution in [0.4, 0.5) is 0 Å². The normalized spacial score (nSPS) is 14.9. The number of nitrogens with two attached hydrogens (primary N) is 1. The van der Waals surface area contributed by atoms with Gasteiger partial charge in [-0.05, 0) is 19.8 Å². The lowest BCUT2D eigenvalue weighted by Crippen LogP contribution is -2.32. The number of unbranched alkanes of at least 4 members (excludes halogenated alkanes) is 3. The zero-order valence-electron chi connectivity index (χ0n) is 10.4. The highest BCUT2D eigenvalue weighted by Gasteiger charge is 2.13. The summed E-state index contributed by atoms with van der Waals surface area (Å²) in [5.74, 6) is 0.151. The molecule has 0 amide bonds. The third-order valence-electron chi connectivity index (χ3n) is 2.58. The molecule has 0 aliphatic heterocycles. The lowest BCUT2D eigenvalue weighted by atomic mass is 10.1. The molecule has 2 atom stereocenters. The van der Waals surface area contributed by atoms with E-state index in [1.165, 1.54) is 25.7 Å². The van der Waals surface area contributed by atoms with E-state index in [9.17, 15) is 0 Å². The lowest BCUT2D eigenvalue weighted by Gasteiger charge is -2.20. The van der Waals surface area contributed by atoms with Crippen molar-refractivity contribution < 1.29 is 4.74 Å². The molecule has 0 aromatic rings. The molecule has 3 nitrogen and oxygen atoms in total. The SMILES string of the molecule is CCCCCCC(C)OC(CC)C(=N)N. The fraction of sp³-hybridized carbons (Fsp3) is 0.917. The van der Waals surface area contributed by atoms with Gasteiger partial charge in [0.25, 0.3) is 0 Å². The van der Waals surface area contributed by atoms with Crippen molar-refractivity contribution in [2.75, 3.05) is 0 Å². The first-order valence-electron chi connectivity index (χ1n) is 6.11. The molecule has 0 saturated carbocycles. The summed E-state index contributed by atoms with van der Waals surface area (Å²) in [6, 6.07) is 0. The summed E-state index contributed by atoms with van der Waals surface area (Å²) in [6.07, 6.45) is 6.95. The van der Waals surface area contributed by atoms with Crippen LogP contribution < -0.4 is 5.73 Å². The minimum absolute atomic E-state index is 0.151. The molecule has 15 heavy (non-hydrogen) atoms. The Labute approximate surface area is 93.9 Å². The molecule has 0 heterocycles. The van der Waals surface area contributed by atoms with Crippen LogP contribution in [-0.2, 0) is 4.74 Å². The van der Waals surface area contributed by atoms with Gasteiger partial charge in [-0.3, -0.25) is 5.41 Å². The third-order valence-corrected chi connectivity index (χ3v) is 2.58. The average molecular weight is 214 g/mol. The van der Waals surface area contributed by atoms with E-state index in [2.05, 4.69) is 13.8 Å². The van der Waals surface area contributed by atoms with Crippen LogP contribution in [0.3, 0.4) is 0 Å². The number of hydrogen-bond acceptors (Lipinski definition) is 2. The van der Waals surface area contributed by atoms with Gasteiger partial charge < -0.3 is 10.5 Å². The number of nitrogens with one attached hydrogen (secondary N) is 1. The van der Waals surface area contributed by atoms with Crippen molar-refractivity contribution in [3.63, 3.8) is 0 Å². The Kier molecular flexibility index (Phi) is 8.38. The Morgan fingerprint density at radius 1 is 1.27 bits per heavy atom. The van der Waals surface area contributed by atoms with E-state index in [0.717, 1.165) is 12.8 Å². The molecule has 0 aliphatic rings. The maximum absolute atomic E-state index is 7.34. The summed E-state index contributed by atoms with van der Waals surface area (Å²) in [7, 11) is 0. The van der Waals surface area contributed by atoms with Crippen molar-refractivity contribution >= 4 is 5.84 Å². The minimum Gasteiger partial charge on any atom is -0.385 e. The highest BCUT2D eigenvalue weighted by molar-refractivity contribution is 5.81. The van der Waals surface area contributed by atoms with E-state index in [1.807, 2.05) is 6.92 Å². The Morgan fingerprint density at radius 2 is 1.93 bits per heavy atom. The summed E-state index contributed by atoms with van der Waals surface area (Å²) in [5.41, 5.74) is 5.43. The molecular formula is C12H26N2O. The fourth-order valence-electron chi connectivity index (χ4n) is 1.60. The molecule has 0 radical (unpaired) electrons. The first-order valence-corrected chi connectivity index (χ1v) is 6.11. The molecule has 0 saturated heterocycles. The summed E-state index contributed by atoms with van der Waals surface area (Å²) in [5, 5.41) is 7.34. The number of ether oxygens (including phenoxy) is 1. The molecule has 0 fully saturated rings. The summed E-state index contributed by atoms with van der Waals surface area (Å²) >= 11 is 0. The molecule has 3 heteroatoms. The van der Waals surface area contributed by atoms with E-state index in [0.29, 0.717) is 0 Å². The number of hydrogen-bond donors (Lipinski definition) is 2. The second-order valence-corrected chi connectivity index (χ2v) is 4.15. The van der Waals surface area contributed by atoms with E-state index < -0.39 is 0 Å². The summed E-state index contributed by atoms with van der Waals surface area (Å²) in [4.78, 5) is 0. The topological polar surface area (TPSA) is 59.1 Å². The molecule has 2 unspecified atom stereocenters. The second kappa shape index (κ2) is 8.72. The van der Waals surface area contributed by atoms with Crippen molar-refractivity contribution in [1.82, 2.24) is 0 Å². The van der Waals surface area contributed by atoms with Crippen LogP contribution in [0.15, 0.2) is 0 Å². The van der Waals surface area contributed by atoms with Gasteiger partial charge in [0, 0.05) is 0 Å². The van der Waals surface area contributed by atoms with Crippen molar-refractivity contribution in [3.05, 3.63) is 0 Å². The zero-order valence-corrected chi connectivity index (χ0v) is 10.4. The van der Waals surface area contributed by atoms with Crippen LogP contribution in [0, 0.1) is 5.41 Å². The Balaban J connectivity index is 3.62. The monoisotopic (exact) mass is 214 g/mol. The first kappa shape index (κ1) is 14.4. The van der Waals surface area contributed by atoms with Crippen molar-refractivity contribution in [2.24, 2.45) is 5.73 Å². The van der Waals surface area contributed by atoms with Crippen molar-refractivity contribution in [2.45, 2.75) is 71.5 Å².